The van der Waals surface area contributed by atoms with E-state index in [0.717, 1.165) is 6.26 Å². The fourth-order valence-corrected chi connectivity index (χ4v) is 5.34. The van der Waals surface area contributed by atoms with E-state index in [4.69, 9.17) is 0 Å². The molecule has 0 N–H and O–H groups in total. The van der Waals surface area contributed by atoms with Gasteiger partial charge in [-0.2, -0.15) is 0 Å². The van der Waals surface area contributed by atoms with E-state index >= 15 is 0 Å². The van der Waals surface area contributed by atoms with Crippen LogP contribution in [0.3, 0.4) is 0 Å². The van der Waals surface area contributed by atoms with Crippen LogP contribution in [0.15, 0.2) is 59.5 Å². The molecule has 0 radical (unpaired) electrons. The fourth-order valence-electron chi connectivity index (χ4n) is 4.46. The smallest absolute Gasteiger partial charge is 0.273 e. The third-order valence-electron chi connectivity index (χ3n) is 6.19. The van der Waals surface area contributed by atoms with Crippen molar-refractivity contribution >= 4 is 27.6 Å². The SMILES string of the molecule is CS(=O)(=O)c1ccccc1C(=O)N1CCCN1C(=O)C1CCN(C(=O)c2ccccc2)CC1. The first-order chi connectivity index (χ1) is 15.8. The van der Waals surface area contributed by atoms with Gasteiger partial charge in [-0.25, -0.2) is 13.4 Å². The third kappa shape index (κ3) is 4.78. The summed E-state index contributed by atoms with van der Waals surface area (Å²) in [6.07, 6.45) is 2.74. The summed E-state index contributed by atoms with van der Waals surface area (Å²) in [6.45, 7) is 1.72. The van der Waals surface area contributed by atoms with Crippen LogP contribution >= 0.6 is 0 Å². The average molecular weight is 470 g/mol. The number of sulfone groups is 1. The zero-order valence-electron chi connectivity index (χ0n) is 18.5. The second-order valence-electron chi connectivity index (χ2n) is 8.44. The van der Waals surface area contributed by atoms with Crippen molar-refractivity contribution in [2.24, 2.45) is 5.92 Å². The second kappa shape index (κ2) is 9.35. The van der Waals surface area contributed by atoms with E-state index < -0.39 is 15.7 Å². The van der Waals surface area contributed by atoms with Crippen molar-refractivity contribution < 1.29 is 22.8 Å². The lowest BCUT2D eigenvalue weighted by atomic mass is 9.95. The Morgan fingerprint density at radius 3 is 2.06 bits per heavy atom. The maximum Gasteiger partial charge on any atom is 0.273 e. The Morgan fingerprint density at radius 2 is 1.39 bits per heavy atom. The highest BCUT2D eigenvalue weighted by molar-refractivity contribution is 7.90. The number of carbonyl (C=O) groups excluding carboxylic acids is 3. The molecular weight excluding hydrogens is 442 g/mol. The topological polar surface area (TPSA) is 95.1 Å². The zero-order valence-corrected chi connectivity index (χ0v) is 19.3. The lowest BCUT2D eigenvalue weighted by Crippen LogP contribution is -2.50. The molecular formula is C24H27N3O5S. The van der Waals surface area contributed by atoms with Gasteiger partial charge >= 0.3 is 0 Å². The van der Waals surface area contributed by atoms with Gasteiger partial charge in [-0.3, -0.25) is 19.4 Å². The molecule has 2 aromatic carbocycles. The van der Waals surface area contributed by atoms with E-state index in [0.29, 0.717) is 51.0 Å². The monoisotopic (exact) mass is 469 g/mol. The first kappa shape index (κ1) is 23.0. The Balaban J connectivity index is 1.44. The number of benzene rings is 2. The normalized spacial score (nSPS) is 17.3. The van der Waals surface area contributed by atoms with E-state index in [-0.39, 0.29) is 28.2 Å². The maximum absolute atomic E-state index is 13.3. The van der Waals surface area contributed by atoms with Gasteiger partial charge in [0.05, 0.1) is 10.5 Å². The van der Waals surface area contributed by atoms with Crippen molar-refractivity contribution in [3.8, 4) is 0 Å². The molecule has 2 heterocycles. The Labute approximate surface area is 193 Å². The average Bonchev–Trinajstić information content (AvgIpc) is 3.33. The highest BCUT2D eigenvalue weighted by Gasteiger charge is 2.38. The highest BCUT2D eigenvalue weighted by atomic mass is 32.2. The number of likely N-dealkylation sites (tertiary alicyclic amines) is 1. The van der Waals surface area contributed by atoms with Crippen molar-refractivity contribution in [3.05, 3.63) is 65.7 Å². The summed E-state index contributed by atoms with van der Waals surface area (Å²) < 4.78 is 24.3. The fraction of sp³-hybridized carbons (Fsp3) is 0.375. The van der Waals surface area contributed by atoms with Gasteiger partial charge in [-0.1, -0.05) is 30.3 Å². The number of hydrogen-bond acceptors (Lipinski definition) is 5. The Bertz CT molecular complexity index is 1160. The molecule has 4 rings (SSSR count). The summed E-state index contributed by atoms with van der Waals surface area (Å²) in [5, 5.41) is 2.83. The molecule has 0 aromatic heterocycles. The first-order valence-electron chi connectivity index (χ1n) is 11.0. The molecule has 3 amide bonds. The highest BCUT2D eigenvalue weighted by Crippen LogP contribution is 2.26. The Hall–Kier alpha value is -3.20. The van der Waals surface area contributed by atoms with Crippen LogP contribution in [0.2, 0.25) is 0 Å². The lowest BCUT2D eigenvalue weighted by Gasteiger charge is -2.35. The summed E-state index contributed by atoms with van der Waals surface area (Å²) in [5.41, 5.74) is 0.700. The number of piperidine rings is 1. The van der Waals surface area contributed by atoms with Crippen LogP contribution < -0.4 is 0 Å². The Kier molecular flexibility index (Phi) is 6.51. The molecule has 2 aromatic rings. The second-order valence-corrected chi connectivity index (χ2v) is 10.4. The van der Waals surface area contributed by atoms with Gasteiger partial charge in [-0.05, 0) is 43.5 Å². The number of nitrogens with zero attached hydrogens (tertiary/aromatic N) is 3. The third-order valence-corrected chi connectivity index (χ3v) is 7.34. The van der Waals surface area contributed by atoms with E-state index in [1.54, 1.807) is 29.2 Å². The molecule has 33 heavy (non-hydrogen) atoms. The van der Waals surface area contributed by atoms with E-state index in [9.17, 15) is 22.8 Å². The molecule has 2 saturated heterocycles. The summed E-state index contributed by atoms with van der Waals surface area (Å²) in [4.78, 5) is 40.9. The molecule has 0 unspecified atom stereocenters. The molecule has 0 bridgehead atoms. The van der Waals surface area contributed by atoms with Gasteiger partial charge in [0, 0.05) is 43.9 Å². The molecule has 8 nitrogen and oxygen atoms in total. The number of hydrazine groups is 1. The number of carbonyl (C=O) groups is 3. The van der Waals surface area contributed by atoms with Crippen molar-refractivity contribution in [2.75, 3.05) is 32.4 Å². The van der Waals surface area contributed by atoms with E-state index in [1.165, 1.54) is 22.2 Å². The van der Waals surface area contributed by atoms with E-state index in [1.807, 2.05) is 18.2 Å². The minimum Gasteiger partial charge on any atom is -0.339 e. The van der Waals surface area contributed by atoms with Crippen LogP contribution in [0, 0.1) is 5.92 Å². The molecule has 2 fully saturated rings. The van der Waals surface area contributed by atoms with Crippen molar-refractivity contribution in [1.82, 2.24) is 14.9 Å². The van der Waals surface area contributed by atoms with Crippen LogP contribution in [0.25, 0.3) is 0 Å². The van der Waals surface area contributed by atoms with Gasteiger partial charge in [0.15, 0.2) is 9.84 Å². The number of amides is 3. The maximum atomic E-state index is 13.3. The van der Waals surface area contributed by atoms with Crippen LogP contribution in [-0.4, -0.2) is 73.5 Å². The van der Waals surface area contributed by atoms with Crippen LogP contribution in [-0.2, 0) is 14.6 Å². The summed E-state index contributed by atoms with van der Waals surface area (Å²) in [7, 11) is -3.59. The molecule has 9 heteroatoms. The molecule has 0 aliphatic carbocycles. The quantitative estimate of drug-likeness (QED) is 0.684. The predicted molar refractivity (Wildman–Crippen MR) is 122 cm³/mol. The molecule has 0 saturated carbocycles. The van der Waals surface area contributed by atoms with Crippen molar-refractivity contribution in [3.63, 3.8) is 0 Å². The van der Waals surface area contributed by atoms with Gasteiger partial charge in [0.2, 0.25) is 5.91 Å². The molecule has 0 atom stereocenters. The molecule has 0 spiro atoms. The molecule has 2 aliphatic heterocycles. The minimum absolute atomic E-state index is 0.0398. The summed E-state index contributed by atoms with van der Waals surface area (Å²) >= 11 is 0. The zero-order chi connectivity index (χ0) is 23.6. The van der Waals surface area contributed by atoms with Crippen LogP contribution in [0.4, 0.5) is 0 Å². The number of hydrogen-bond donors (Lipinski definition) is 0. The van der Waals surface area contributed by atoms with Crippen molar-refractivity contribution in [2.45, 2.75) is 24.2 Å². The van der Waals surface area contributed by atoms with E-state index in [2.05, 4.69) is 0 Å². The van der Waals surface area contributed by atoms with Crippen LogP contribution in [0.5, 0.6) is 0 Å². The standard InChI is InChI=1S/C24H27N3O5S/c1-33(31,32)21-11-6-5-10-20(21)24(30)27-15-7-14-26(27)23(29)19-12-16-25(17-13-19)22(28)18-8-3-2-4-9-18/h2-6,8-11,19H,7,12-17H2,1H3. The van der Waals surface area contributed by atoms with Crippen molar-refractivity contribution in [1.29, 1.82) is 0 Å². The Morgan fingerprint density at radius 1 is 0.788 bits per heavy atom. The van der Waals surface area contributed by atoms with Gasteiger partial charge in [0.1, 0.15) is 0 Å². The van der Waals surface area contributed by atoms with Gasteiger partial charge < -0.3 is 4.90 Å². The minimum atomic E-state index is -3.59. The lowest BCUT2D eigenvalue weighted by molar-refractivity contribution is -0.146. The summed E-state index contributed by atoms with van der Waals surface area (Å²) in [5.74, 6) is -0.969. The molecule has 174 valence electrons. The van der Waals surface area contributed by atoms with Crippen LogP contribution in [0.1, 0.15) is 40.0 Å². The summed E-state index contributed by atoms with van der Waals surface area (Å²) in [6, 6.07) is 15.1. The van der Waals surface area contributed by atoms with Gasteiger partial charge in [0.25, 0.3) is 11.8 Å². The van der Waals surface area contributed by atoms with Gasteiger partial charge in [-0.15, -0.1) is 0 Å². The predicted octanol–water partition coefficient (Wildman–Crippen LogP) is 2.23. The largest absolute Gasteiger partial charge is 0.339 e. The number of rotatable bonds is 4. The first-order valence-corrected chi connectivity index (χ1v) is 12.9. The molecule has 2 aliphatic rings.